The minimum absolute atomic E-state index is 0.492. The van der Waals surface area contributed by atoms with Gasteiger partial charge in [0, 0.05) is 18.7 Å². The first-order chi connectivity index (χ1) is 8.76. The molecule has 0 radical (unpaired) electrons. The van der Waals surface area contributed by atoms with Crippen molar-refractivity contribution < 1.29 is 4.74 Å². The van der Waals surface area contributed by atoms with Crippen LogP contribution in [0.5, 0.6) is 5.75 Å². The standard InChI is InChI=1S/C15H20N2O/c1-12-6-4-3-5-9-17(12)15-10-14(18-2)8-7-13(15)11-16/h7-8,10,12H,3-6,9H2,1-2H3. The van der Waals surface area contributed by atoms with Crippen LogP contribution in [0, 0.1) is 11.3 Å². The van der Waals surface area contributed by atoms with E-state index in [1.54, 1.807) is 7.11 Å². The molecule has 1 fully saturated rings. The molecule has 0 N–H and O–H groups in total. The first-order valence-electron chi connectivity index (χ1n) is 6.61. The molecule has 1 saturated heterocycles. The lowest BCUT2D eigenvalue weighted by Crippen LogP contribution is -2.33. The molecule has 1 aliphatic heterocycles. The largest absolute Gasteiger partial charge is 0.497 e. The van der Waals surface area contributed by atoms with Gasteiger partial charge < -0.3 is 9.64 Å². The molecule has 1 aromatic carbocycles. The van der Waals surface area contributed by atoms with Gasteiger partial charge in [-0.15, -0.1) is 0 Å². The van der Waals surface area contributed by atoms with Crippen LogP contribution in [0.3, 0.4) is 0 Å². The lowest BCUT2D eigenvalue weighted by molar-refractivity contribution is 0.414. The van der Waals surface area contributed by atoms with Crippen LogP contribution in [0.1, 0.15) is 38.2 Å². The fourth-order valence-corrected chi connectivity index (χ4v) is 2.60. The molecule has 1 unspecified atom stereocenters. The molecule has 96 valence electrons. The van der Waals surface area contributed by atoms with Crippen molar-refractivity contribution in [3.8, 4) is 11.8 Å². The van der Waals surface area contributed by atoms with E-state index in [2.05, 4.69) is 17.9 Å². The van der Waals surface area contributed by atoms with Gasteiger partial charge in [-0.2, -0.15) is 5.26 Å². The van der Waals surface area contributed by atoms with Gasteiger partial charge in [-0.3, -0.25) is 0 Å². The molecule has 0 aliphatic carbocycles. The van der Waals surface area contributed by atoms with Gasteiger partial charge in [0.2, 0.25) is 0 Å². The van der Waals surface area contributed by atoms with Crippen molar-refractivity contribution in [2.75, 3.05) is 18.6 Å². The molecule has 2 rings (SSSR count). The number of nitrogens with zero attached hydrogens (tertiary/aromatic N) is 2. The molecule has 1 aromatic rings. The molecule has 0 amide bonds. The number of anilines is 1. The van der Waals surface area contributed by atoms with Crippen LogP contribution in [0.15, 0.2) is 18.2 Å². The summed E-state index contributed by atoms with van der Waals surface area (Å²) in [5, 5.41) is 9.25. The Morgan fingerprint density at radius 2 is 2.17 bits per heavy atom. The molecule has 1 aliphatic rings. The average Bonchev–Trinajstić information content (AvgIpc) is 2.62. The van der Waals surface area contributed by atoms with Crippen molar-refractivity contribution in [2.24, 2.45) is 0 Å². The lowest BCUT2D eigenvalue weighted by Gasteiger charge is -2.30. The summed E-state index contributed by atoms with van der Waals surface area (Å²) in [7, 11) is 1.66. The van der Waals surface area contributed by atoms with Crippen molar-refractivity contribution in [2.45, 2.75) is 38.6 Å². The number of benzene rings is 1. The molecule has 0 bridgehead atoms. The van der Waals surface area contributed by atoms with Gasteiger partial charge in [0.1, 0.15) is 11.8 Å². The van der Waals surface area contributed by atoms with E-state index < -0.39 is 0 Å². The summed E-state index contributed by atoms with van der Waals surface area (Å²) in [6.07, 6.45) is 4.96. The second-order valence-corrected chi connectivity index (χ2v) is 4.89. The number of rotatable bonds is 2. The first-order valence-corrected chi connectivity index (χ1v) is 6.61. The molecule has 3 nitrogen and oxygen atoms in total. The quantitative estimate of drug-likeness (QED) is 0.800. The van der Waals surface area contributed by atoms with E-state index in [9.17, 15) is 5.26 Å². The number of hydrogen-bond donors (Lipinski definition) is 0. The van der Waals surface area contributed by atoms with Crippen LogP contribution < -0.4 is 9.64 Å². The van der Waals surface area contributed by atoms with Crippen LogP contribution in [-0.2, 0) is 0 Å². The van der Waals surface area contributed by atoms with Crippen molar-refractivity contribution in [1.29, 1.82) is 5.26 Å². The molecule has 0 aromatic heterocycles. The summed E-state index contributed by atoms with van der Waals surface area (Å²) in [5.74, 6) is 0.820. The Morgan fingerprint density at radius 1 is 1.33 bits per heavy atom. The van der Waals surface area contributed by atoms with Crippen LogP contribution in [0.2, 0.25) is 0 Å². The second-order valence-electron chi connectivity index (χ2n) is 4.89. The van der Waals surface area contributed by atoms with Crippen molar-refractivity contribution in [1.82, 2.24) is 0 Å². The topological polar surface area (TPSA) is 36.3 Å². The van der Waals surface area contributed by atoms with E-state index >= 15 is 0 Å². The minimum Gasteiger partial charge on any atom is -0.497 e. The fraction of sp³-hybridized carbons (Fsp3) is 0.533. The van der Waals surface area contributed by atoms with Gasteiger partial charge >= 0.3 is 0 Å². The van der Waals surface area contributed by atoms with Crippen molar-refractivity contribution in [3.63, 3.8) is 0 Å². The molecule has 0 spiro atoms. The molecule has 3 heteroatoms. The van der Waals surface area contributed by atoms with Gasteiger partial charge in [0.15, 0.2) is 0 Å². The summed E-state index contributed by atoms with van der Waals surface area (Å²) in [5.41, 5.74) is 1.76. The van der Waals surface area contributed by atoms with E-state index in [-0.39, 0.29) is 0 Å². The SMILES string of the molecule is COc1ccc(C#N)c(N2CCCCCC2C)c1. The Morgan fingerprint density at radius 3 is 2.89 bits per heavy atom. The third-order valence-corrected chi connectivity index (χ3v) is 3.69. The fourth-order valence-electron chi connectivity index (χ4n) is 2.60. The highest BCUT2D eigenvalue weighted by molar-refractivity contribution is 5.62. The van der Waals surface area contributed by atoms with E-state index in [4.69, 9.17) is 4.74 Å². The van der Waals surface area contributed by atoms with Gasteiger partial charge in [-0.1, -0.05) is 12.8 Å². The van der Waals surface area contributed by atoms with Crippen molar-refractivity contribution >= 4 is 5.69 Å². The monoisotopic (exact) mass is 244 g/mol. The third-order valence-electron chi connectivity index (χ3n) is 3.69. The van der Waals surface area contributed by atoms with Crippen LogP contribution in [-0.4, -0.2) is 19.7 Å². The Labute approximate surface area is 109 Å². The Hall–Kier alpha value is -1.69. The maximum Gasteiger partial charge on any atom is 0.121 e. The van der Waals surface area contributed by atoms with Gasteiger partial charge in [0.25, 0.3) is 0 Å². The van der Waals surface area contributed by atoms with E-state index in [0.717, 1.165) is 23.5 Å². The number of hydrogen-bond acceptors (Lipinski definition) is 3. The van der Waals surface area contributed by atoms with Crippen LogP contribution in [0.25, 0.3) is 0 Å². The zero-order chi connectivity index (χ0) is 13.0. The Kier molecular flexibility index (Phi) is 4.09. The maximum atomic E-state index is 9.25. The number of methoxy groups -OCH3 is 1. The Balaban J connectivity index is 2.37. The predicted molar refractivity (Wildman–Crippen MR) is 73.0 cm³/mol. The van der Waals surface area contributed by atoms with E-state index in [1.807, 2.05) is 18.2 Å². The van der Waals surface area contributed by atoms with Gasteiger partial charge in [-0.05, 0) is 31.9 Å². The zero-order valence-electron chi connectivity index (χ0n) is 11.1. The second kappa shape index (κ2) is 5.77. The predicted octanol–water partition coefficient (Wildman–Crippen LogP) is 3.34. The zero-order valence-corrected chi connectivity index (χ0v) is 11.1. The molecular weight excluding hydrogens is 224 g/mol. The van der Waals surface area contributed by atoms with Crippen LogP contribution in [0.4, 0.5) is 5.69 Å². The number of nitriles is 1. The number of ether oxygens (including phenoxy) is 1. The van der Waals surface area contributed by atoms with Crippen molar-refractivity contribution in [3.05, 3.63) is 23.8 Å². The highest BCUT2D eigenvalue weighted by atomic mass is 16.5. The van der Waals surface area contributed by atoms with Gasteiger partial charge in [0.05, 0.1) is 18.4 Å². The average molecular weight is 244 g/mol. The normalized spacial score (nSPS) is 20.1. The molecular formula is C15H20N2O. The highest BCUT2D eigenvalue weighted by Crippen LogP contribution is 2.30. The van der Waals surface area contributed by atoms with Gasteiger partial charge in [-0.25, -0.2) is 0 Å². The minimum atomic E-state index is 0.492. The molecule has 0 saturated carbocycles. The summed E-state index contributed by atoms with van der Waals surface area (Å²) in [6.45, 7) is 3.27. The van der Waals surface area contributed by atoms with E-state index in [1.165, 1.54) is 25.7 Å². The lowest BCUT2D eigenvalue weighted by atomic mass is 10.1. The molecule has 18 heavy (non-hydrogen) atoms. The highest BCUT2D eigenvalue weighted by Gasteiger charge is 2.20. The first kappa shape index (κ1) is 12.8. The smallest absolute Gasteiger partial charge is 0.121 e. The molecule has 1 heterocycles. The summed E-state index contributed by atoms with van der Waals surface area (Å²) < 4.78 is 5.28. The summed E-state index contributed by atoms with van der Waals surface area (Å²) in [4.78, 5) is 2.36. The molecule has 1 atom stereocenters. The summed E-state index contributed by atoms with van der Waals surface area (Å²) in [6, 6.07) is 8.47. The third kappa shape index (κ3) is 2.59. The van der Waals surface area contributed by atoms with Crippen LogP contribution >= 0.6 is 0 Å². The Bertz CT molecular complexity index is 450. The summed E-state index contributed by atoms with van der Waals surface area (Å²) >= 11 is 0. The van der Waals surface area contributed by atoms with E-state index in [0.29, 0.717) is 6.04 Å². The maximum absolute atomic E-state index is 9.25.